The maximum atomic E-state index is 13.4. The zero-order valence-electron chi connectivity index (χ0n) is 9.11. The van der Waals surface area contributed by atoms with Crippen LogP contribution in [0.3, 0.4) is 0 Å². The van der Waals surface area contributed by atoms with E-state index in [1.807, 2.05) is 18.2 Å². The third-order valence-electron chi connectivity index (χ3n) is 2.75. The van der Waals surface area contributed by atoms with Crippen LogP contribution in [0.15, 0.2) is 55.1 Å². The second kappa shape index (κ2) is 4.26. The first kappa shape index (κ1) is 11.7. The second-order valence-electron chi connectivity index (χ2n) is 3.85. The lowest BCUT2D eigenvalue weighted by molar-refractivity contribution is -0.0705. The van der Waals surface area contributed by atoms with E-state index in [1.165, 1.54) is 6.07 Å². The molecule has 1 unspecified atom stereocenters. The molecule has 0 aliphatic carbocycles. The summed E-state index contributed by atoms with van der Waals surface area (Å²) in [5, 5.41) is 11.2. The molecule has 1 nitrogen and oxygen atoms in total. The lowest BCUT2D eigenvalue weighted by atomic mass is 9.97. The van der Waals surface area contributed by atoms with Gasteiger partial charge in [0, 0.05) is 0 Å². The van der Waals surface area contributed by atoms with Gasteiger partial charge in [0.1, 0.15) is 6.10 Å². The summed E-state index contributed by atoms with van der Waals surface area (Å²) in [5.41, 5.74) is 0.216. The molecule has 0 saturated heterocycles. The van der Waals surface area contributed by atoms with Gasteiger partial charge in [0.25, 0.3) is 5.92 Å². The standard InChI is InChI=1S/C14H12F2O/c1-2-14(15,16)13(17)12-9-5-7-10-6-3-4-8-11(10)12/h2-9,13,17H,1H2. The Kier molecular flexibility index (Phi) is 2.94. The Bertz CT molecular complexity index is 543. The molecule has 0 bridgehead atoms. The number of fused-ring (bicyclic) bond motifs is 1. The third kappa shape index (κ3) is 2.06. The highest BCUT2D eigenvalue weighted by Gasteiger charge is 2.36. The fourth-order valence-corrected chi connectivity index (χ4v) is 1.81. The molecule has 88 valence electrons. The monoisotopic (exact) mass is 234 g/mol. The van der Waals surface area contributed by atoms with Crippen molar-refractivity contribution >= 4 is 10.8 Å². The van der Waals surface area contributed by atoms with Crippen molar-refractivity contribution in [1.29, 1.82) is 0 Å². The lowest BCUT2D eigenvalue weighted by Gasteiger charge is -2.20. The number of halogens is 2. The summed E-state index contributed by atoms with van der Waals surface area (Å²) in [6, 6.07) is 12.1. The normalized spacial score (nSPS) is 13.6. The van der Waals surface area contributed by atoms with E-state index < -0.39 is 12.0 Å². The average molecular weight is 234 g/mol. The number of benzene rings is 2. The van der Waals surface area contributed by atoms with E-state index >= 15 is 0 Å². The van der Waals surface area contributed by atoms with Crippen molar-refractivity contribution in [3.8, 4) is 0 Å². The molecular weight excluding hydrogens is 222 g/mol. The number of hydrogen-bond donors (Lipinski definition) is 1. The van der Waals surface area contributed by atoms with Crippen LogP contribution in [0.2, 0.25) is 0 Å². The van der Waals surface area contributed by atoms with Crippen LogP contribution in [0, 0.1) is 0 Å². The van der Waals surface area contributed by atoms with Crippen molar-refractivity contribution in [2.24, 2.45) is 0 Å². The maximum Gasteiger partial charge on any atom is 0.295 e. The summed E-state index contributed by atoms with van der Waals surface area (Å²) >= 11 is 0. The SMILES string of the molecule is C=CC(F)(F)C(O)c1cccc2ccccc12. The van der Waals surface area contributed by atoms with Gasteiger partial charge in [-0.2, -0.15) is 8.78 Å². The van der Waals surface area contributed by atoms with Crippen molar-refractivity contribution < 1.29 is 13.9 Å². The lowest BCUT2D eigenvalue weighted by Crippen LogP contribution is -2.23. The quantitative estimate of drug-likeness (QED) is 0.803. The van der Waals surface area contributed by atoms with Crippen LogP contribution < -0.4 is 0 Å². The first-order valence-electron chi connectivity index (χ1n) is 5.23. The van der Waals surface area contributed by atoms with Gasteiger partial charge < -0.3 is 5.11 Å². The second-order valence-corrected chi connectivity index (χ2v) is 3.85. The van der Waals surface area contributed by atoms with Crippen LogP contribution in [-0.2, 0) is 0 Å². The van der Waals surface area contributed by atoms with E-state index in [1.54, 1.807) is 18.2 Å². The van der Waals surface area contributed by atoms with Crippen LogP contribution in [-0.4, -0.2) is 11.0 Å². The van der Waals surface area contributed by atoms with E-state index in [4.69, 9.17) is 0 Å². The molecular formula is C14H12F2O. The molecule has 1 N–H and O–H groups in total. The summed E-state index contributed by atoms with van der Waals surface area (Å²) in [7, 11) is 0. The van der Waals surface area contributed by atoms with Crippen molar-refractivity contribution in [3.63, 3.8) is 0 Å². The molecule has 0 aliphatic rings. The summed E-state index contributed by atoms with van der Waals surface area (Å²) in [6.45, 7) is 3.05. The van der Waals surface area contributed by atoms with E-state index in [0.717, 1.165) is 5.39 Å². The number of aliphatic hydroxyl groups excluding tert-OH is 1. The summed E-state index contributed by atoms with van der Waals surface area (Å²) in [5.74, 6) is -3.33. The van der Waals surface area contributed by atoms with Crippen molar-refractivity contribution in [3.05, 3.63) is 60.7 Å². The van der Waals surface area contributed by atoms with Crippen LogP contribution in [0.1, 0.15) is 11.7 Å². The Morgan fingerprint density at radius 1 is 1.12 bits per heavy atom. The van der Waals surface area contributed by atoms with E-state index in [2.05, 4.69) is 6.58 Å². The van der Waals surface area contributed by atoms with Crippen LogP contribution in [0.4, 0.5) is 8.78 Å². The Balaban J connectivity index is 2.59. The van der Waals surface area contributed by atoms with Gasteiger partial charge in [0.05, 0.1) is 0 Å². The average Bonchev–Trinajstić information content (AvgIpc) is 2.37. The van der Waals surface area contributed by atoms with E-state index in [9.17, 15) is 13.9 Å². The van der Waals surface area contributed by atoms with Crippen LogP contribution >= 0.6 is 0 Å². The fourth-order valence-electron chi connectivity index (χ4n) is 1.81. The molecule has 0 saturated carbocycles. The molecule has 0 aromatic heterocycles. The molecule has 2 aromatic rings. The highest BCUT2D eigenvalue weighted by atomic mass is 19.3. The maximum absolute atomic E-state index is 13.4. The Hall–Kier alpha value is -1.74. The van der Waals surface area contributed by atoms with E-state index in [-0.39, 0.29) is 5.56 Å². The molecule has 1 atom stereocenters. The van der Waals surface area contributed by atoms with E-state index in [0.29, 0.717) is 11.5 Å². The Morgan fingerprint density at radius 3 is 2.47 bits per heavy atom. The molecule has 3 heteroatoms. The molecule has 2 rings (SSSR count). The minimum absolute atomic E-state index is 0.216. The Labute approximate surface area is 98.0 Å². The number of alkyl halides is 2. The molecule has 17 heavy (non-hydrogen) atoms. The van der Waals surface area contributed by atoms with Crippen molar-refractivity contribution in [2.75, 3.05) is 0 Å². The fraction of sp³-hybridized carbons (Fsp3) is 0.143. The summed E-state index contributed by atoms with van der Waals surface area (Å²) < 4.78 is 26.8. The van der Waals surface area contributed by atoms with Crippen LogP contribution in [0.5, 0.6) is 0 Å². The summed E-state index contributed by atoms with van der Waals surface area (Å²) in [4.78, 5) is 0. The minimum atomic E-state index is -3.33. The third-order valence-corrected chi connectivity index (χ3v) is 2.75. The molecule has 0 aliphatic heterocycles. The summed E-state index contributed by atoms with van der Waals surface area (Å²) in [6.07, 6.45) is -1.40. The first-order valence-corrected chi connectivity index (χ1v) is 5.23. The van der Waals surface area contributed by atoms with Gasteiger partial charge in [-0.3, -0.25) is 0 Å². The minimum Gasteiger partial charge on any atom is -0.382 e. The smallest absolute Gasteiger partial charge is 0.295 e. The van der Waals surface area contributed by atoms with Gasteiger partial charge in [0.15, 0.2) is 0 Å². The highest BCUT2D eigenvalue weighted by Crippen LogP contribution is 2.35. The molecule has 2 aromatic carbocycles. The molecule has 0 radical (unpaired) electrons. The van der Waals surface area contributed by atoms with Gasteiger partial charge >= 0.3 is 0 Å². The first-order chi connectivity index (χ1) is 8.06. The predicted molar refractivity (Wildman–Crippen MR) is 64.1 cm³/mol. The largest absolute Gasteiger partial charge is 0.382 e. The van der Waals surface area contributed by atoms with Gasteiger partial charge in [-0.1, -0.05) is 49.0 Å². The molecule has 0 heterocycles. The predicted octanol–water partition coefficient (Wildman–Crippen LogP) is 3.69. The number of hydrogen-bond acceptors (Lipinski definition) is 1. The van der Waals surface area contributed by atoms with Gasteiger partial charge in [-0.15, -0.1) is 0 Å². The molecule has 0 amide bonds. The number of rotatable bonds is 3. The van der Waals surface area contributed by atoms with Crippen LogP contribution in [0.25, 0.3) is 10.8 Å². The molecule has 0 spiro atoms. The zero-order valence-corrected chi connectivity index (χ0v) is 9.11. The highest BCUT2D eigenvalue weighted by molar-refractivity contribution is 5.86. The zero-order chi connectivity index (χ0) is 12.5. The molecule has 0 fully saturated rings. The van der Waals surface area contributed by atoms with Crippen molar-refractivity contribution in [2.45, 2.75) is 12.0 Å². The van der Waals surface area contributed by atoms with Crippen molar-refractivity contribution in [1.82, 2.24) is 0 Å². The topological polar surface area (TPSA) is 20.2 Å². The van der Waals surface area contributed by atoms with Gasteiger partial charge in [-0.25, -0.2) is 0 Å². The number of aliphatic hydroxyl groups is 1. The Morgan fingerprint density at radius 2 is 1.76 bits per heavy atom. The van der Waals surface area contributed by atoms with Gasteiger partial charge in [0.2, 0.25) is 0 Å². The van der Waals surface area contributed by atoms with Gasteiger partial charge in [-0.05, 0) is 22.4 Å².